The summed E-state index contributed by atoms with van der Waals surface area (Å²) in [5.41, 5.74) is 3.41. The summed E-state index contributed by atoms with van der Waals surface area (Å²) >= 11 is 0. The summed E-state index contributed by atoms with van der Waals surface area (Å²) in [6, 6.07) is 12.6. The number of aryl methyl sites for hydroxylation is 2. The van der Waals surface area contributed by atoms with Gasteiger partial charge in [0, 0.05) is 18.7 Å². The number of amides is 1. The van der Waals surface area contributed by atoms with Gasteiger partial charge in [0.05, 0.1) is 18.7 Å². The number of carbonyl (C=O) groups excluding carboxylic acids is 2. The lowest BCUT2D eigenvalue weighted by Gasteiger charge is -2.28. The van der Waals surface area contributed by atoms with Crippen LogP contribution in [0.25, 0.3) is 5.76 Å². The fraction of sp³-hybridized carbons (Fsp3) is 0.407. The van der Waals surface area contributed by atoms with E-state index < -0.39 is 17.7 Å². The molecule has 0 radical (unpaired) electrons. The van der Waals surface area contributed by atoms with E-state index >= 15 is 0 Å². The largest absolute Gasteiger partial charge is 0.507 e. The Morgan fingerprint density at radius 1 is 1.06 bits per heavy atom. The summed E-state index contributed by atoms with van der Waals surface area (Å²) in [6.07, 6.45) is 0.896. The highest BCUT2D eigenvalue weighted by molar-refractivity contribution is 6.46. The third kappa shape index (κ3) is 4.96. The lowest BCUT2D eigenvalue weighted by Crippen LogP contribution is -2.38. The van der Waals surface area contributed by atoms with Crippen LogP contribution in [0.5, 0.6) is 5.75 Å². The maximum atomic E-state index is 13.2. The second-order valence-corrected chi connectivity index (χ2v) is 8.30. The van der Waals surface area contributed by atoms with E-state index in [-0.39, 0.29) is 11.3 Å². The average Bonchev–Trinajstić information content (AvgIpc) is 3.09. The molecule has 2 aromatic carbocycles. The number of hydrogen-bond donors (Lipinski definition) is 1. The Bertz CT molecular complexity index is 1040. The predicted molar refractivity (Wildman–Crippen MR) is 130 cm³/mol. The number of aliphatic hydroxyl groups excluding tert-OH is 1. The van der Waals surface area contributed by atoms with Gasteiger partial charge in [-0.1, -0.05) is 45.0 Å². The van der Waals surface area contributed by atoms with Crippen LogP contribution in [0.1, 0.15) is 49.1 Å². The summed E-state index contributed by atoms with van der Waals surface area (Å²) < 4.78 is 5.27. The van der Waals surface area contributed by atoms with Gasteiger partial charge in [0.1, 0.15) is 11.5 Å². The number of likely N-dealkylation sites (N-methyl/N-ethyl adjacent to an activating group) is 1. The number of likely N-dealkylation sites (tertiary alicyclic amines) is 1. The quantitative estimate of drug-likeness (QED) is 0.350. The van der Waals surface area contributed by atoms with Crippen LogP contribution in [0.15, 0.2) is 48.0 Å². The van der Waals surface area contributed by atoms with Crippen LogP contribution in [-0.4, -0.2) is 59.9 Å². The normalized spacial score (nSPS) is 17.8. The lowest BCUT2D eigenvalue weighted by molar-refractivity contribution is -0.140. The summed E-state index contributed by atoms with van der Waals surface area (Å²) in [7, 11) is 1.58. The summed E-state index contributed by atoms with van der Waals surface area (Å²) in [4.78, 5) is 30.1. The molecule has 33 heavy (non-hydrogen) atoms. The van der Waals surface area contributed by atoms with E-state index in [9.17, 15) is 14.7 Å². The second kappa shape index (κ2) is 10.7. The second-order valence-electron chi connectivity index (χ2n) is 8.30. The van der Waals surface area contributed by atoms with E-state index in [0.717, 1.165) is 30.6 Å². The van der Waals surface area contributed by atoms with Crippen LogP contribution in [0.3, 0.4) is 0 Å². The van der Waals surface area contributed by atoms with Gasteiger partial charge in [0.25, 0.3) is 11.7 Å². The summed E-state index contributed by atoms with van der Waals surface area (Å²) in [5.74, 6) is -0.704. The molecule has 0 saturated carbocycles. The molecule has 1 fully saturated rings. The molecule has 1 saturated heterocycles. The molecule has 1 heterocycles. The Morgan fingerprint density at radius 3 is 2.27 bits per heavy atom. The molecule has 1 aliphatic heterocycles. The summed E-state index contributed by atoms with van der Waals surface area (Å²) in [5, 5.41) is 11.3. The Hall–Kier alpha value is -3.12. The van der Waals surface area contributed by atoms with E-state index in [2.05, 4.69) is 25.7 Å². The van der Waals surface area contributed by atoms with Crippen molar-refractivity contribution in [3.8, 4) is 5.75 Å². The highest BCUT2D eigenvalue weighted by atomic mass is 16.5. The SMILES string of the molecule is CCc1ccc([C@@H]2C(=C(O)c3ccc(OC)cc3C)C(=O)C(=O)N2CCN(CC)CC)cc1. The number of hydrogen-bond acceptors (Lipinski definition) is 5. The predicted octanol–water partition coefficient (Wildman–Crippen LogP) is 4.33. The molecule has 0 bridgehead atoms. The zero-order valence-corrected chi connectivity index (χ0v) is 20.2. The molecule has 3 rings (SSSR count). The zero-order chi connectivity index (χ0) is 24.1. The van der Waals surface area contributed by atoms with Crippen molar-refractivity contribution in [2.24, 2.45) is 0 Å². The number of nitrogens with zero attached hydrogens (tertiary/aromatic N) is 2. The van der Waals surface area contributed by atoms with Crippen LogP contribution in [0.4, 0.5) is 0 Å². The van der Waals surface area contributed by atoms with E-state index in [0.29, 0.717) is 24.4 Å². The molecule has 1 N–H and O–H groups in total. The maximum absolute atomic E-state index is 13.2. The molecule has 176 valence electrons. The number of methoxy groups -OCH3 is 1. The molecule has 0 spiro atoms. The topological polar surface area (TPSA) is 70.1 Å². The van der Waals surface area contributed by atoms with Gasteiger partial charge in [-0.15, -0.1) is 0 Å². The monoisotopic (exact) mass is 450 g/mol. The van der Waals surface area contributed by atoms with Crippen molar-refractivity contribution in [2.45, 2.75) is 40.2 Å². The van der Waals surface area contributed by atoms with Gasteiger partial charge in [0.2, 0.25) is 0 Å². The standard InChI is InChI=1S/C27H34N2O4/c1-6-19-9-11-20(12-10-19)24-23(25(30)22-14-13-21(33-5)17-18(22)4)26(31)27(32)29(24)16-15-28(7-2)8-3/h9-14,17,24,30H,6-8,15-16H2,1-5H3/t24-/m1/s1. The Labute approximate surface area is 196 Å². The first-order valence-corrected chi connectivity index (χ1v) is 11.6. The van der Waals surface area contributed by atoms with Gasteiger partial charge in [-0.3, -0.25) is 9.59 Å². The van der Waals surface area contributed by atoms with Crippen LogP contribution in [-0.2, 0) is 16.0 Å². The minimum Gasteiger partial charge on any atom is -0.507 e. The molecule has 1 atom stereocenters. The average molecular weight is 451 g/mol. The third-order valence-corrected chi connectivity index (χ3v) is 6.48. The molecule has 2 aromatic rings. The van der Waals surface area contributed by atoms with Gasteiger partial charge >= 0.3 is 0 Å². The van der Waals surface area contributed by atoms with Gasteiger partial charge in [-0.05, 0) is 61.3 Å². The van der Waals surface area contributed by atoms with Crippen LogP contribution in [0, 0.1) is 6.92 Å². The van der Waals surface area contributed by atoms with Crippen molar-refractivity contribution in [2.75, 3.05) is 33.3 Å². The van der Waals surface area contributed by atoms with Gasteiger partial charge in [0.15, 0.2) is 0 Å². The summed E-state index contributed by atoms with van der Waals surface area (Å²) in [6.45, 7) is 10.9. The first-order valence-electron chi connectivity index (χ1n) is 11.6. The number of carbonyl (C=O) groups is 2. The smallest absolute Gasteiger partial charge is 0.295 e. The van der Waals surface area contributed by atoms with Crippen molar-refractivity contribution >= 4 is 17.4 Å². The molecule has 0 aromatic heterocycles. The first-order chi connectivity index (χ1) is 15.9. The Morgan fingerprint density at radius 2 is 1.73 bits per heavy atom. The van der Waals surface area contributed by atoms with Crippen LogP contribution in [0.2, 0.25) is 0 Å². The number of ether oxygens (including phenoxy) is 1. The lowest BCUT2D eigenvalue weighted by atomic mass is 9.93. The van der Waals surface area contributed by atoms with E-state index in [1.807, 2.05) is 31.2 Å². The van der Waals surface area contributed by atoms with Gasteiger partial charge in [-0.2, -0.15) is 0 Å². The number of Topliss-reactive ketones (excluding diaryl/α,β-unsaturated/α-hetero) is 1. The molecule has 6 heteroatoms. The maximum Gasteiger partial charge on any atom is 0.295 e. The number of rotatable bonds is 9. The Balaban J connectivity index is 2.12. The van der Waals surface area contributed by atoms with Gasteiger partial charge in [-0.25, -0.2) is 0 Å². The van der Waals surface area contributed by atoms with Crippen LogP contribution >= 0.6 is 0 Å². The molecule has 1 aliphatic rings. The molecular formula is C27H34N2O4. The van der Waals surface area contributed by atoms with Crippen molar-refractivity contribution in [3.05, 3.63) is 70.3 Å². The number of benzene rings is 2. The highest BCUT2D eigenvalue weighted by Gasteiger charge is 2.46. The number of ketones is 1. The highest BCUT2D eigenvalue weighted by Crippen LogP contribution is 2.40. The molecule has 0 unspecified atom stereocenters. The molecular weight excluding hydrogens is 416 g/mol. The van der Waals surface area contributed by atoms with E-state index in [1.165, 1.54) is 5.56 Å². The fourth-order valence-corrected chi connectivity index (χ4v) is 4.36. The van der Waals surface area contributed by atoms with Crippen molar-refractivity contribution in [3.63, 3.8) is 0 Å². The fourth-order valence-electron chi connectivity index (χ4n) is 4.36. The van der Waals surface area contributed by atoms with Crippen molar-refractivity contribution in [1.82, 2.24) is 9.80 Å². The molecule has 6 nitrogen and oxygen atoms in total. The van der Waals surface area contributed by atoms with Crippen LogP contribution < -0.4 is 4.74 Å². The molecule has 1 amide bonds. The molecule has 0 aliphatic carbocycles. The Kier molecular flexibility index (Phi) is 7.92. The minimum absolute atomic E-state index is 0.136. The third-order valence-electron chi connectivity index (χ3n) is 6.48. The van der Waals surface area contributed by atoms with E-state index in [4.69, 9.17) is 4.74 Å². The van der Waals surface area contributed by atoms with E-state index in [1.54, 1.807) is 30.2 Å². The minimum atomic E-state index is -0.646. The van der Waals surface area contributed by atoms with Crippen molar-refractivity contribution < 1.29 is 19.4 Å². The zero-order valence-electron chi connectivity index (χ0n) is 20.2. The number of aliphatic hydroxyl groups is 1. The van der Waals surface area contributed by atoms with Crippen molar-refractivity contribution in [1.29, 1.82) is 0 Å². The first kappa shape index (κ1) is 24.5. The van der Waals surface area contributed by atoms with Gasteiger partial charge < -0.3 is 19.6 Å².